The van der Waals surface area contributed by atoms with E-state index in [-0.39, 0.29) is 12.7 Å². The molecule has 1 heterocycles. The monoisotopic (exact) mass is 337 g/mol. The van der Waals surface area contributed by atoms with Crippen LogP contribution in [0, 0.1) is 5.82 Å². The minimum Gasteiger partial charge on any atom is -0.459 e. The molecule has 0 radical (unpaired) electrons. The van der Waals surface area contributed by atoms with Crippen molar-refractivity contribution < 1.29 is 27.1 Å². The summed E-state index contributed by atoms with van der Waals surface area (Å²) < 4.78 is 46.3. The van der Waals surface area contributed by atoms with E-state index < -0.39 is 37.3 Å². The van der Waals surface area contributed by atoms with Crippen LogP contribution in [-0.2, 0) is 19.5 Å². The van der Waals surface area contributed by atoms with E-state index in [1.54, 1.807) is 0 Å². The van der Waals surface area contributed by atoms with Gasteiger partial charge in [0.2, 0.25) is 10.0 Å². The van der Waals surface area contributed by atoms with Gasteiger partial charge in [0.05, 0.1) is 21.6 Å². The van der Waals surface area contributed by atoms with Gasteiger partial charge in [0.1, 0.15) is 12.4 Å². The fourth-order valence-electron chi connectivity index (χ4n) is 1.90. The number of halogens is 2. The number of hydrogen-bond donors (Lipinski definition) is 1. The number of benzene rings is 1. The maximum absolute atomic E-state index is 13.6. The Bertz CT molecular complexity index is 658. The highest BCUT2D eigenvalue weighted by molar-refractivity contribution is 7.89. The molecule has 2 rings (SSSR count). The second kappa shape index (κ2) is 6.27. The SMILES string of the molecule is NS(=O)(=O)c1cc(F)c(Cl)c(C(=O)OCC2CCCO2)c1. The van der Waals surface area contributed by atoms with E-state index in [9.17, 15) is 17.6 Å². The van der Waals surface area contributed by atoms with Crippen molar-refractivity contribution in [3.8, 4) is 0 Å². The molecule has 9 heteroatoms. The molecule has 0 spiro atoms. The zero-order chi connectivity index (χ0) is 15.6. The number of esters is 1. The zero-order valence-electron chi connectivity index (χ0n) is 10.8. The molecule has 1 aliphatic heterocycles. The molecule has 0 amide bonds. The molecular formula is C12H13ClFNO5S. The second-order valence-corrected chi connectivity index (χ2v) is 6.48. The number of primary sulfonamides is 1. The number of ether oxygens (including phenoxy) is 2. The molecular weight excluding hydrogens is 325 g/mol. The van der Waals surface area contributed by atoms with Gasteiger partial charge >= 0.3 is 5.97 Å². The summed E-state index contributed by atoms with van der Waals surface area (Å²) in [5, 5.41) is 4.39. The van der Waals surface area contributed by atoms with Crippen molar-refractivity contribution in [3.63, 3.8) is 0 Å². The van der Waals surface area contributed by atoms with Crippen LogP contribution in [0.4, 0.5) is 4.39 Å². The Balaban J connectivity index is 2.21. The molecule has 0 bridgehead atoms. The minimum absolute atomic E-state index is 0.00359. The summed E-state index contributed by atoms with van der Waals surface area (Å²) in [7, 11) is -4.16. The first-order chi connectivity index (χ1) is 9.79. The van der Waals surface area contributed by atoms with E-state index in [1.165, 1.54) is 0 Å². The van der Waals surface area contributed by atoms with Crippen LogP contribution in [0.5, 0.6) is 0 Å². The molecule has 1 aliphatic rings. The van der Waals surface area contributed by atoms with Crippen LogP contribution in [0.1, 0.15) is 23.2 Å². The number of carbonyl (C=O) groups is 1. The third-order valence-electron chi connectivity index (χ3n) is 2.97. The van der Waals surface area contributed by atoms with Crippen molar-refractivity contribution in [2.24, 2.45) is 5.14 Å². The molecule has 1 unspecified atom stereocenters. The lowest BCUT2D eigenvalue weighted by Gasteiger charge is -2.11. The normalized spacial score (nSPS) is 18.7. The summed E-state index contributed by atoms with van der Waals surface area (Å²) in [5.74, 6) is -1.99. The fraction of sp³-hybridized carbons (Fsp3) is 0.417. The van der Waals surface area contributed by atoms with Crippen molar-refractivity contribution in [1.82, 2.24) is 0 Å². The van der Waals surface area contributed by atoms with E-state index in [1.807, 2.05) is 0 Å². The standard InChI is InChI=1S/C12H13ClFNO5S/c13-11-9(4-8(5-10(11)14)21(15,17)18)12(16)20-6-7-2-1-3-19-7/h4-5,7H,1-3,6H2,(H2,15,17,18). The molecule has 1 atom stereocenters. The van der Waals surface area contributed by atoms with Crippen LogP contribution < -0.4 is 5.14 Å². The number of nitrogens with two attached hydrogens (primary N) is 1. The molecule has 0 aromatic heterocycles. The first-order valence-electron chi connectivity index (χ1n) is 6.09. The van der Waals surface area contributed by atoms with E-state index in [0.29, 0.717) is 12.7 Å². The van der Waals surface area contributed by atoms with E-state index in [4.69, 9.17) is 26.2 Å². The van der Waals surface area contributed by atoms with Crippen molar-refractivity contribution in [2.45, 2.75) is 23.8 Å². The van der Waals surface area contributed by atoms with Crippen molar-refractivity contribution in [3.05, 3.63) is 28.5 Å². The number of sulfonamides is 1. The largest absolute Gasteiger partial charge is 0.459 e. The van der Waals surface area contributed by atoms with Gasteiger partial charge in [0.15, 0.2) is 0 Å². The van der Waals surface area contributed by atoms with Gasteiger partial charge in [-0.2, -0.15) is 0 Å². The molecule has 0 aliphatic carbocycles. The van der Waals surface area contributed by atoms with Gasteiger partial charge in [0, 0.05) is 6.61 Å². The lowest BCUT2D eigenvalue weighted by atomic mass is 10.2. The summed E-state index contributed by atoms with van der Waals surface area (Å²) in [4.78, 5) is 11.3. The summed E-state index contributed by atoms with van der Waals surface area (Å²) >= 11 is 5.66. The van der Waals surface area contributed by atoms with E-state index in [0.717, 1.165) is 18.9 Å². The summed E-state index contributed by atoms with van der Waals surface area (Å²) in [6.07, 6.45) is 1.42. The third kappa shape index (κ3) is 3.91. The predicted octanol–water partition coefficient (Wildman–Crippen LogP) is 1.46. The van der Waals surface area contributed by atoms with Gasteiger partial charge in [-0.1, -0.05) is 11.6 Å². The van der Waals surface area contributed by atoms with E-state index in [2.05, 4.69) is 0 Å². The topological polar surface area (TPSA) is 95.7 Å². The van der Waals surface area contributed by atoms with Crippen LogP contribution in [0.15, 0.2) is 17.0 Å². The molecule has 1 aromatic rings. The lowest BCUT2D eigenvalue weighted by Crippen LogP contribution is -2.19. The van der Waals surface area contributed by atoms with Gasteiger partial charge in [-0.15, -0.1) is 0 Å². The number of rotatable bonds is 4. The van der Waals surface area contributed by atoms with Crippen LogP contribution >= 0.6 is 11.6 Å². The van der Waals surface area contributed by atoms with Crippen LogP contribution in [0.2, 0.25) is 5.02 Å². The molecule has 1 fully saturated rings. The molecule has 0 saturated carbocycles. The first-order valence-corrected chi connectivity index (χ1v) is 8.02. The highest BCUT2D eigenvalue weighted by Gasteiger charge is 2.23. The second-order valence-electron chi connectivity index (χ2n) is 4.55. The average Bonchev–Trinajstić information content (AvgIpc) is 2.91. The summed E-state index contributed by atoms with van der Waals surface area (Å²) in [6, 6.07) is 1.53. The van der Waals surface area contributed by atoms with Crippen LogP contribution in [-0.4, -0.2) is 33.7 Å². The molecule has 1 saturated heterocycles. The molecule has 21 heavy (non-hydrogen) atoms. The minimum atomic E-state index is -4.16. The molecule has 6 nitrogen and oxygen atoms in total. The molecule has 2 N–H and O–H groups in total. The lowest BCUT2D eigenvalue weighted by molar-refractivity contribution is 0.0161. The summed E-state index contributed by atoms with van der Waals surface area (Å²) in [6.45, 7) is 0.592. The Kier molecular flexibility index (Phi) is 4.82. The van der Waals surface area contributed by atoms with Gasteiger partial charge in [-0.3, -0.25) is 0 Å². The zero-order valence-corrected chi connectivity index (χ0v) is 12.4. The van der Waals surface area contributed by atoms with Gasteiger partial charge in [-0.25, -0.2) is 22.7 Å². The third-order valence-corrected chi connectivity index (χ3v) is 4.25. The van der Waals surface area contributed by atoms with Crippen LogP contribution in [0.25, 0.3) is 0 Å². The van der Waals surface area contributed by atoms with Crippen molar-refractivity contribution in [2.75, 3.05) is 13.2 Å². The van der Waals surface area contributed by atoms with Crippen LogP contribution in [0.3, 0.4) is 0 Å². The number of hydrogen-bond acceptors (Lipinski definition) is 5. The smallest absolute Gasteiger partial charge is 0.339 e. The van der Waals surface area contributed by atoms with Crippen molar-refractivity contribution >= 4 is 27.6 Å². The summed E-state index contributed by atoms with van der Waals surface area (Å²) in [5.41, 5.74) is -0.390. The Hall–Kier alpha value is -1.22. The fourth-order valence-corrected chi connectivity index (χ4v) is 2.64. The quantitative estimate of drug-likeness (QED) is 0.839. The van der Waals surface area contributed by atoms with Gasteiger partial charge < -0.3 is 9.47 Å². The number of carbonyl (C=O) groups excluding carboxylic acids is 1. The van der Waals surface area contributed by atoms with Gasteiger partial charge in [-0.05, 0) is 25.0 Å². The Morgan fingerprint density at radius 1 is 1.52 bits per heavy atom. The highest BCUT2D eigenvalue weighted by Crippen LogP contribution is 2.25. The molecule has 1 aromatic carbocycles. The maximum atomic E-state index is 13.6. The van der Waals surface area contributed by atoms with Gasteiger partial charge in [0.25, 0.3) is 0 Å². The average molecular weight is 338 g/mol. The van der Waals surface area contributed by atoms with Crippen molar-refractivity contribution in [1.29, 1.82) is 0 Å². The maximum Gasteiger partial charge on any atom is 0.339 e. The van der Waals surface area contributed by atoms with E-state index >= 15 is 0 Å². The Morgan fingerprint density at radius 2 is 2.24 bits per heavy atom. The first kappa shape index (κ1) is 16.2. The Morgan fingerprint density at radius 3 is 2.81 bits per heavy atom. The highest BCUT2D eigenvalue weighted by atomic mass is 35.5. The Labute approximate surface area is 126 Å². The predicted molar refractivity (Wildman–Crippen MR) is 72.0 cm³/mol. The molecule has 116 valence electrons.